The van der Waals surface area contributed by atoms with Gasteiger partial charge in [0.25, 0.3) is 5.91 Å². The average Bonchev–Trinajstić information content (AvgIpc) is 2.65. The number of hydrogen-bond donors (Lipinski definition) is 2. The molecule has 78 valence electrons. The molecule has 0 unspecified atom stereocenters. The van der Waals surface area contributed by atoms with Crippen molar-refractivity contribution in [3.63, 3.8) is 0 Å². The molecule has 4 nitrogen and oxygen atoms in total. The van der Waals surface area contributed by atoms with Crippen LogP contribution in [-0.4, -0.2) is 28.6 Å². The number of nitrogens with one attached hydrogen (secondary N) is 1. The van der Waals surface area contributed by atoms with E-state index in [0.717, 1.165) is 0 Å². The van der Waals surface area contributed by atoms with Crippen LogP contribution in [0, 0.1) is 5.92 Å². The van der Waals surface area contributed by atoms with E-state index in [4.69, 9.17) is 5.11 Å². The molecule has 5 heteroatoms. The van der Waals surface area contributed by atoms with Crippen LogP contribution in [0.2, 0.25) is 0 Å². The zero-order valence-electron chi connectivity index (χ0n) is 8.23. The van der Waals surface area contributed by atoms with E-state index in [1.807, 2.05) is 13.8 Å². The lowest BCUT2D eigenvalue weighted by molar-refractivity contribution is 0.0892. The van der Waals surface area contributed by atoms with Crippen molar-refractivity contribution in [1.29, 1.82) is 0 Å². The Morgan fingerprint density at radius 1 is 1.71 bits per heavy atom. The fourth-order valence-electron chi connectivity index (χ4n) is 0.990. The summed E-state index contributed by atoms with van der Waals surface area (Å²) in [5.74, 6) is -0.0124. The van der Waals surface area contributed by atoms with E-state index in [0.29, 0.717) is 5.69 Å². The first kappa shape index (κ1) is 11.1. The maximum atomic E-state index is 11.5. The number of nitrogens with zero attached hydrogens (tertiary/aromatic N) is 1. The molecular formula is C9H14N2O2S. The first-order chi connectivity index (χ1) is 6.65. The van der Waals surface area contributed by atoms with Crippen LogP contribution in [0.25, 0.3) is 0 Å². The predicted molar refractivity (Wildman–Crippen MR) is 55.3 cm³/mol. The number of carbonyl (C=O) groups excluding carboxylic acids is 1. The number of hydrogen-bond acceptors (Lipinski definition) is 4. The maximum absolute atomic E-state index is 11.5. The minimum Gasteiger partial charge on any atom is -0.394 e. The zero-order valence-corrected chi connectivity index (χ0v) is 9.04. The summed E-state index contributed by atoms with van der Waals surface area (Å²) in [6, 6.07) is -0.204. The Morgan fingerprint density at radius 3 is 2.86 bits per heavy atom. The molecule has 0 radical (unpaired) electrons. The Balaban J connectivity index is 2.56. The van der Waals surface area contributed by atoms with E-state index < -0.39 is 0 Å². The number of rotatable bonds is 4. The van der Waals surface area contributed by atoms with Gasteiger partial charge < -0.3 is 10.4 Å². The molecule has 2 N–H and O–H groups in total. The minimum absolute atomic E-state index is 0.0481. The average molecular weight is 214 g/mol. The lowest BCUT2D eigenvalue weighted by Crippen LogP contribution is -2.41. The van der Waals surface area contributed by atoms with Gasteiger partial charge in [-0.1, -0.05) is 13.8 Å². The van der Waals surface area contributed by atoms with Crippen LogP contribution in [-0.2, 0) is 0 Å². The number of thiazole rings is 1. The zero-order chi connectivity index (χ0) is 10.6. The van der Waals surface area contributed by atoms with Gasteiger partial charge in [-0.25, -0.2) is 4.98 Å². The molecule has 0 aliphatic carbocycles. The highest BCUT2D eigenvalue weighted by Gasteiger charge is 2.16. The van der Waals surface area contributed by atoms with Crippen LogP contribution in [0.15, 0.2) is 10.9 Å². The summed E-state index contributed by atoms with van der Waals surface area (Å²) in [4.78, 5) is 15.4. The van der Waals surface area contributed by atoms with E-state index in [2.05, 4.69) is 10.3 Å². The second-order valence-electron chi connectivity index (χ2n) is 3.38. The molecule has 0 aliphatic heterocycles. The summed E-state index contributed by atoms with van der Waals surface area (Å²) >= 11 is 1.38. The topological polar surface area (TPSA) is 62.2 Å². The summed E-state index contributed by atoms with van der Waals surface area (Å²) in [6.07, 6.45) is 0. The van der Waals surface area contributed by atoms with Gasteiger partial charge >= 0.3 is 0 Å². The molecule has 1 aromatic heterocycles. The quantitative estimate of drug-likeness (QED) is 0.782. The largest absolute Gasteiger partial charge is 0.394 e. The van der Waals surface area contributed by atoms with Gasteiger partial charge in [0.15, 0.2) is 0 Å². The van der Waals surface area contributed by atoms with Crippen LogP contribution in [0.4, 0.5) is 0 Å². The summed E-state index contributed by atoms with van der Waals surface area (Å²) in [5.41, 5.74) is 2.02. The maximum Gasteiger partial charge on any atom is 0.271 e. The third-order valence-corrected chi connectivity index (χ3v) is 2.57. The highest BCUT2D eigenvalue weighted by atomic mass is 32.1. The number of aromatic nitrogens is 1. The van der Waals surface area contributed by atoms with Gasteiger partial charge in [-0.2, -0.15) is 0 Å². The van der Waals surface area contributed by atoms with Gasteiger partial charge in [0, 0.05) is 5.38 Å². The third kappa shape index (κ3) is 2.78. The highest BCUT2D eigenvalue weighted by Crippen LogP contribution is 2.04. The Bertz CT molecular complexity index is 285. The van der Waals surface area contributed by atoms with E-state index in [9.17, 15) is 4.79 Å². The normalized spacial score (nSPS) is 12.9. The summed E-state index contributed by atoms with van der Waals surface area (Å²) < 4.78 is 0. The first-order valence-electron chi connectivity index (χ1n) is 4.45. The second-order valence-corrected chi connectivity index (χ2v) is 4.10. The van der Waals surface area contributed by atoms with Crippen molar-refractivity contribution in [3.8, 4) is 0 Å². The van der Waals surface area contributed by atoms with E-state index >= 15 is 0 Å². The SMILES string of the molecule is CC(C)[C@@H](CO)NC(=O)c1cscn1. The van der Waals surface area contributed by atoms with Crippen molar-refractivity contribution in [1.82, 2.24) is 10.3 Å². The van der Waals surface area contributed by atoms with Gasteiger partial charge in [0.1, 0.15) is 5.69 Å². The lowest BCUT2D eigenvalue weighted by atomic mass is 10.1. The minimum atomic E-state index is -0.223. The van der Waals surface area contributed by atoms with Crippen molar-refractivity contribution in [2.45, 2.75) is 19.9 Å². The monoisotopic (exact) mass is 214 g/mol. The van der Waals surface area contributed by atoms with Crippen molar-refractivity contribution in [3.05, 3.63) is 16.6 Å². The summed E-state index contributed by atoms with van der Waals surface area (Å²) in [5, 5.41) is 13.4. The molecular weight excluding hydrogens is 200 g/mol. The lowest BCUT2D eigenvalue weighted by Gasteiger charge is -2.18. The van der Waals surface area contributed by atoms with Crippen LogP contribution in [0.1, 0.15) is 24.3 Å². The Labute approximate surface area is 87.0 Å². The number of amides is 1. The van der Waals surface area contributed by atoms with E-state index in [1.54, 1.807) is 10.9 Å². The summed E-state index contributed by atoms with van der Waals surface area (Å²) in [6.45, 7) is 3.85. The van der Waals surface area contributed by atoms with Crippen molar-refractivity contribution in [2.24, 2.45) is 5.92 Å². The molecule has 0 saturated heterocycles. The molecule has 1 amide bonds. The predicted octanol–water partition coefficient (Wildman–Crippen LogP) is 0.890. The van der Waals surface area contributed by atoms with Gasteiger partial charge in [-0.05, 0) is 5.92 Å². The molecule has 0 bridgehead atoms. The van der Waals surface area contributed by atoms with Crippen molar-refractivity contribution in [2.75, 3.05) is 6.61 Å². The number of carbonyl (C=O) groups is 1. The van der Waals surface area contributed by atoms with Crippen LogP contribution in [0.5, 0.6) is 0 Å². The molecule has 1 atom stereocenters. The van der Waals surface area contributed by atoms with Crippen LogP contribution >= 0.6 is 11.3 Å². The molecule has 0 spiro atoms. The highest BCUT2D eigenvalue weighted by molar-refractivity contribution is 7.07. The summed E-state index contributed by atoms with van der Waals surface area (Å²) in [7, 11) is 0. The Kier molecular flexibility index (Phi) is 4.03. The smallest absolute Gasteiger partial charge is 0.271 e. The molecule has 14 heavy (non-hydrogen) atoms. The standard InChI is InChI=1S/C9H14N2O2S/c1-6(2)7(3-12)11-9(13)8-4-14-5-10-8/h4-7,12H,3H2,1-2H3,(H,11,13)/t7-/m1/s1. The van der Waals surface area contributed by atoms with Crippen molar-refractivity contribution < 1.29 is 9.90 Å². The molecule has 0 aromatic carbocycles. The third-order valence-electron chi connectivity index (χ3n) is 1.98. The fraction of sp³-hybridized carbons (Fsp3) is 0.556. The fourth-order valence-corrected chi connectivity index (χ4v) is 1.52. The van der Waals surface area contributed by atoms with Crippen molar-refractivity contribution >= 4 is 17.2 Å². The van der Waals surface area contributed by atoms with E-state index in [-0.39, 0.29) is 24.5 Å². The molecule has 1 heterocycles. The van der Waals surface area contributed by atoms with Gasteiger partial charge in [-0.3, -0.25) is 4.79 Å². The second kappa shape index (κ2) is 5.07. The van der Waals surface area contributed by atoms with Gasteiger partial charge in [0.05, 0.1) is 18.2 Å². The van der Waals surface area contributed by atoms with Crippen LogP contribution in [0.3, 0.4) is 0 Å². The Hall–Kier alpha value is -0.940. The molecule has 0 saturated carbocycles. The molecule has 1 aromatic rings. The number of aliphatic hydroxyl groups excluding tert-OH is 1. The molecule has 0 aliphatic rings. The first-order valence-corrected chi connectivity index (χ1v) is 5.39. The molecule has 0 fully saturated rings. The number of aliphatic hydroxyl groups is 1. The van der Waals surface area contributed by atoms with Crippen LogP contribution < -0.4 is 5.32 Å². The van der Waals surface area contributed by atoms with Gasteiger partial charge in [-0.15, -0.1) is 11.3 Å². The Morgan fingerprint density at radius 2 is 2.43 bits per heavy atom. The van der Waals surface area contributed by atoms with E-state index in [1.165, 1.54) is 11.3 Å². The van der Waals surface area contributed by atoms with Gasteiger partial charge in [0.2, 0.25) is 0 Å². The molecule has 1 rings (SSSR count).